The molecule has 0 bridgehead atoms. The zero-order valence-corrected chi connectivity index (χ0v) is 21.4. The molecule has 10 heteroatoms. The van der Waals surface area contributed by atoms with Gasteiger partial charge in [0.15, 0.2) is 0 Å². The van der Waals surface area contributed by atoms with Gasteiger partial charge >= 0.3 is 11.9 Å². The molecular formula is C29H29N5O5. The van der Waals surface area contributed by atoms with Crippen LogP contribution in [0.15, 0.2) is 96.2 Å². The van der Waals surface area contributed by atoms with Crippen molar-refractivity contribution >= 4 is 11.9 Å². The fourth-order valence-electron chi connectivity index (χ4n) is 6.13. The number of carbonyl (C=O) groups is 2. The number of carbonyl (C=O) groups excluding carboxylic acids is 2. The van der Waals surface area contributed by atoms with Crippen molar-refractivity contribution in [1.29, 1.82) is 0 Å². The van der Waals surface area contributed by atoms with E-state index in [1.807, 2.05) is 91.0 Å². The molecule has 0 spiro atoms. The van der Waals surface area contributed by atoms with Gasteiger partial charge in [-0.25, -0.2) is 9.59 Å². The summed E-state index contributed by atoms with van der Waals surface area (Å²) in [6.45, 7) is 1.21. The minimum Gasteiger partial charge on any atom is -0.394 e. The van der Waals surface area contributed by atoms with Crippen LogP contribution in [0.5, 0.6) is 0 Å². The van der Waals surface area contributed by atoms with Gasteiger partial charge in [0.05, 0.1) is 18.1 Å². The van der Waals surface area contributed by atoms with Crippen molar-refractivity contribution in [3.05, 3.63) is 118 Å². The summed E-state index contributed by atoms with van der Waals surface area (Å²) in [6, 6.07) is 27.8. The molecule has 2 N–H and O–H groups in total. The largest absolute Gasteiger partial charge is 0.424 e. The Kier molecular flexibility index (Phi) is 7.12. The van der Waals surface area contributed by atoms with Crippen LogP contribution in [0.3, 0.4) is 0 Å². The van der Waals surface area contributed by atoms with E-state index in [9.17, 15) is 25.3 Å². The van der Waals surface area contributed by atoms with Gasteiger partial charge in [-0.2, -0.15) is 4.91 Å². The van der Waals surface area contributed by atoms with Crippen molar-refractivity contribution in [3.8, 4) is 0 Å². The molecule has 0 saturated carbocycles. The lowest BCUT2D eigenvalue weighted by Gasteiger charge is -2.52. The van der Waals surface area contributed by atoms with Crippen LogP contribution in [0, 0.1) is 5.41 Å². The monoisotopic (exact) mass is 527 g/mol. The Morgan fingerprint density at radius 3 is 1.87 bits per heavy atom. The van der Waals surface area contributed by atoms with Gasteiger partial charge in [0, 0.05) is 13.0 Å². The van der Waals surface area contributed by atoms with Crippen LogP contribution in [0.2, 0.25) is 0 Å². The number of nitrogens with zero attached hydrogens (tertiary/aromatic N) is 5. The molecule has 1 unspecified atom stereocenters. The van der Waals surface area contributed by atoms with Crippen molar-refractivity contribution in [3.63, 3.8) is 0 Å². The number of ether oxygens (including phenoxy) is 1. The Morgan fingerprint density at radius 2 is 1.46 bits per heavy atom. The predicted molar refractivity (Wildman–Crippen MR) is 142 cm³/mol. The molecule has 0 aromatic heterocycles. The molecule has 0 aliphatic carbocycles. The van der Waals surface area contributed by atoms with Gasteiger partial charge in [0.1, 0.15) is 17.7 Å². The summed E-state index contributed by atoms with van der Waals surface area (Å²) in [5, 5.41) is 24.2. The molecule has 200 valence electrons. The number of aliphatic hydroxyl groups is 2. The number of benzene rings is 3. The fourth-order valence-corrected chi connectivity index (χ4v) is 6.13. The van der Waals surface area contributed by atoms with Crippen LogP contribution in [-0.4, -0.2) is 63.6 Å². The maximum absolute atomic E-state index is 14.4. The number of urea groups is 1. The lowest BCUT2D eigenvalue weighted by atomic mass is 9.53. The van der Waals surface area contributed by atoms with Crippen molar-refractivity contribution in [2.24, 2.45) is 10.6 Å². The van der Waals surface area contributed by atoms with Crippen LogP contribution in [0.1, 0.15) is 30.0 Å². The van der Waals surface area contributed by atoms with E-state index >= 15 is 0 Å². The Bertz CT molecular complexity index is 1290. The number of amides is 3. The third-order valence-corrected chi connectivity index (χ3v) is 7.89. The van der Waals surface area contributed by atoms with Crippen molar-refractivity contribution in [1.82, 2.24) is 9.91 Å². The predicted octanol–water partition coefficient (Wildman–Crippen LogP) is 3.99. The molecule has 2 aliphatic heterocycles. The van der Waals surface area contributed by atoms with E-state index in [1.165, 1.54) is 4.90 Å². The molecule has 10 nitrogen and oxygen atoms in total. The second kappa shape index (κ2) is 10.5. The quantitative estimate of drug-likeness (QED) is 0.207. The van der Waals surface area contributed by atoms with E-state index in [0.29, 0.717) is 5.01 Å². The number of hydrogen-bond donors (Lipinski definition) is 2. The van der Waals surface area contributed by atoms with Crippen molar-refractivity contribution in [2.75, 3.05) is 13.2 Å². The highest BCUT2D eigenvalue weighted by Crippen LogP contribution is 2.55. The summed E-state index contributed by atoms with van der Waals surface area (Å²) in [7, 11) is 0. The number of imide groups is 1. The van der Waals surface area contributed by atoms with Crippen LogP contribution in [0.4, 0.5) is 4.79 Å². The van der Waals surface area contributed by atoms with Crippen LogP contribution in [0.25, 0.3) is 10.4 Å². The van der Waals surface area contributed by atoms with Gasteiger partial charge in [-0.3, -0.25) is 4.90 Å². The maximum Gasteiger partial charge on any atom is 0.424 e. The maximum atomic E-state index is 14.4. The Hall–Kier alpha value is -4.21. The van der Waals surface area contributed by atoms with E-state index < -0.39 is 47.8 Å². The minimum absolute atomic E-state index is 0.0281. The summed E-state index contributed by atoms with van der Waals surface area (Å²) in [5.74, 6) is -0.671. The average Bonchev–Trinajstić information content (AvgIpc) is 3.35. The molecule has 3 amide bonds. The first-order valence-electron chi connectivity index (χ1n) is 12.7. The Balaban J connectivity index is 1.80. The van der Waals surface area contributed by atoms with Crippen molar-refractivity contribution in [2.45, 2.75) is 37.2 Å². The standard InChI is InChI=1S/C29H29N5O5/c1-28(19-33(25-17-23(36)24(18-35)39-25)27(38)34(26(28)37)32-31-30)29(20-11-5-2-6-12-20,21-13-7-3-8-14-21)22-15-9-4-10-16-22/h2-16,23-25,35-36H,17-19H2,1H3/t23-,24+,25+,28?/m0/s1. The third kappa shape index (κ3) is 4.14. The summed E-state index contributed by atoms with van der Waals surface area (Å²) < 4.78 is 5.85. The zero-order valence-electron chi connectivity index (χ0n) is 21.4. The van der Waals surface area contributed by atoms with Gasteiger partial charge in [-0.05, 0) is 28.8 Å². The number of aliphatic hydroxyl groups excluding tert-OH is 2. The first-order valence-corrected chi connectivity index (χ1v) is 12.7. The Morgan fingerprint density at radius 1 is 0.974 bits per heavy atom. The fraction of sp³-hybridized carbons (Fsp3) is 0.310. The second-order valence-electron chi connectivity index (χ2n) is 10.0. The second-order valence-corrected chi connectivity index (χ2v) is 10.0. The number of rotatable bonds is 7. The van der Waals surface area contributed by atoms with Gasteiger partial charge in [0.2, 0.25) is 0 Å². The summed E-state index contributed by atoms with van der Waals surface area (Å²) >= 11 is 0. The normalized spacial score (nSPS) is 25.5. The molecule has 4 atom stereocenters. The van der Waals surface area contributed by atoms with Gasteiger partial charge in [0.25, 0.3) is 0 Å². The minimum atomic E-state index is -1.43. The van der Waals surface area contributed by atoms with Crippen molar-refractivity contribution < 1.29 is 24.5 Å². The van der Waals surface area contributed by atoms with E-state index in [-0.39, 0.29) is 13.0 Å². The van der Waals surface area contributed by atoms with Gasteiger partial charge in [-0.1, -0.05) is 96.0 Å². The van der Waals surface area contributed by atoms with Gasteiger partial charge in [-0.15, -0.1) is 5.53 Å². The molecule has 5 rings (SSSR count). The molecule has 2 saturated heterocycles. The highest BCUT2D eigenvalue weighted by molar-refractivity contribution is 6.01. The lowest BCUT2D eigenvalue weighted by molar-refractivity contribution is -0.153. The molecule has 3 aromatic carbocycles. The Labute approximate surface area is 225 Å². The van der Waals surface area contributed by atoms with E-state index in [1.54, 1.807) is 6.92 Å². The van der Waals surface area contributed by atoms with Crippen LogP contribution in [-0.2, 0) is 14.9 Å². The topological polar surface area (TPSA) is 139 Å². The van der Waals surface area contributed by atoms with Crippen LogP contribution >= 0.6 is 0 Å². The SMILES string of the molecule is CC1(C(c2ccccc2)(c2ccccc2)c2ccccc2)CN([C@H]2C[C@H](O)[C@@H](CO)O2)C(=O)N(N=[N+]=[N-])C1=O. The molecular weight excluding hydrogens is 498 g/mol. The number of hydrogen-bond acceptors (Lipinski definition) is 6. The van der Waals surface area contributed by atoms with E-state index in [2.05, 4.69) is 10.1 Å². The summed E-state index contributed by atoms with van der Waals surface area (Å²) in [4.78, 5) is 32.1. The first-order chi connectivity index (χ1) is 18.9. The zero-order chi connectivity index (χ0) is 27.6. The number of azide groups is 1. The molecule has 39 heavy (non-hydrogen) atoms. The lowest BCUT2D eigenvalue weighted by Crippen LogP contribution is -2.68. The third-order valence-electron chi connectivity index (χ3n) is 7.89. The van der Waals surface area contributed by atoms with E-state index in [0.717, 1.165) is 16.7 Å². The highest BCUT2D eigenvalue weighted by atomic mass is 16.5. The molecule has 2 fully saturated rings. The van der Waals surface area contributed by atoms with Gasteiger partial charge < -0.3 is 14.9 Å². The molecule has 0 radical (unpaired) electrons. The smallest absolute Gasteiger partial charge is 0.394 e. The highest BCUT2D eigenvalue weighted by Gasteiger charge is 2.65. The summed E-state index contributed by atoms with van der Waals surface area (Å²) in [5.41, 5.74) is 9.17. The summed E-state index contributed by atoms with van der Waals surface area (Å²) in [6.07, 6.45) is -2.82. The molecule has 2 aliphatic rings. The molecule has 3 aromatic rings. The van der Waals surface area contributed by atoms with E-state index in [4.69, 9.17) is 4.74 Å². The first kappa shape index (κ1) is 26.4. The molecule has 2 heterocycles. The van der Waals surface area contributed by atoms with Crippen LogP contribution < -0.4 is 0 Å². The average molecular weight is 528 g/mol.